The summed E-state index contributed by atoms with van der Waals surface area (Å²) in [6.45, 7) is 6.71. The Kier molecular flexibility index (Phi) is 6.81. The molecule has 40 heavy (non-hydrogen) atoms. The molecule has 2 aromatic carbocycles. The molecule has 10 heteroatoms. The van der Waals surface area contributed by atoms with E-state index in [2.05, 4.69) is 36.3 Å². The number of fused-ring (bicyclic) bond motifs is 3. The van der Waals surface area contributed by atoms with E-state index in [0.29, 0.717) is 34.7 Å². The van der Waals surface area contributed by atoms with Crippen LogP contribution in [0.1, 0.15) is 25.5 Å². The predicted octanol–water partition coefficient (Wildman–Crippen LogP) is 5.09. The molecule has 0 atom stereocenters. The number of halogens is 1. The van der Waals surface area contributed by atoms with E-state index < -0.39 is 5.82 Å². The molecule has 1 fully saturated rings. The highest BCUT2D eigenvalue weighted by molar-refractivity contribution is 6.04. The van der Waals surface area contributed by atoms with Crippen molar-refractivity contribution in [3.63, 3.8) is 0 Å². The molecule has 4 heterocycles. The summed E-state index contributed by atoms with van der Waals surface area (Å²) >= 11 is 0. The Morgan fingerprint density at radius 2 is 1.85 bits per heavy atom. The fraction of sp³-hybridized carbons (Fsp3) is 0.333. The van der Waals surface area contributed by atoms with Gasteiger partial charge >= 0.3 is 6.01 Å². The molecular weight excluding hydrogens is 511 g/mol. The standard InChI is InChI=1S/C30H31FN6O3/c1-19-6-9-32-29(35-19)40-20-4-5-21(27(14-20)39-3)22-15-23-25(16-24(22)31)33-17-26-28(23)37(18-34-26)30(2)7-10-36(11-8-30)12-13-38/h4-6,9,14-18,38H,7-8,10-13H2,1-3H3. The van der Waals surface area contributed by atoms with Gasteiger partial charge < -0.3 is 24.0 Å². The van der Waals surface area contributed by atoms with E-state index in [-0.39, 0.29) is 18.2 Å². The van der Waals surface area contributed by atoms with Crippen LogP contribution in [0.15, 0.2) is 55.1 Å². The van der Waals surface area contributed by atoms with Crippen molar-refractivity contribution in [2.45, 2.75) is 32.2 Å². The number of imidazole rings is 1. The molecule has 3 aromatic heterocycles. The lowest BCUT2D eigenvalue weighted by atomic mass is 9.89. The minimum absolute atomic E-state index is 0.158. The van der Waals surface area contributed by atoms with E-state index in [4.69, 9.17) is 9.47 Å². The Labute approximate surface area is 231 Å². The lowest BCUT2D eigenvalue weighted by Gasteiger charge is -2.40. The summed E-state index contributed by atoms with van der Waals surface area (Å²) in [5.74, 6) is 0.540. The summed E-state index contributed by atoms with van der Waals surface area (Å²) in [5.41, 5.74) is 3.86. The number of aromatic nitrogens is 5. The molecule has 6 rings (SSSR count). The molecule has 1 aliphatic rings. The topological polar surface area (TPSA) is 98.4 Å². The van der Waals surface area contributed by atoms with E-state index in [9.17, 15) is 5.11 Å². The Hall–Kier alpha value is -4.15. The van der Waals surface area contributed by atoms with E-state index >= 15 is 4.39 Å². The number of pyridine rings is 1. The van der Waals surface area contributed by atoms with E-state index in [1.807, 2.05) is 19.3 Å². The zero-order valence-electron chi connectivity index (χ0n) is 22.8. The van der Waals surface area contributed by atoms with Gasteiger partial charge in [0.1, 0.15) is 22.8 Å². The third-order valence-electron chi connectivity index (χ3n) is 7.84. The number of hydrogen-bond donors (Lipinski definition) is 1. The predicted molar refractivity (Wildman–Crippen MR) is 150 cm³/mol. The first kappa shape index (κ1) is 26.1. The number of β-amino-alcohol motifs (C(OH)–C–C–N with tert-alkyl or cyclic N) is 1. The molecule has 1 saturated heterocycles. The highest BCUT2D eigenvalue weighted by Crippen LogP contribution is 2.40. The van der Waals surface area contributed by atoms with Gasteiger partial charge in [-0.2, -0.15) is 0 Å². The Balaban J connectivity index is 1.42. The van der Waals surface area contributed by atoms with Gasteiger partial charge in [-0.1, -0.05) is 0 Å². The highest BCUT2D eigenvalue weighted by atomic mass is 19.1. The van der Waals surface area contributed by atoms with Crippen molar-refractivity contribution in [1.82, 2.24) is 29.4 Å². The van der Waals surface area contributed by atoms with Crippen LogP contribution in [-0.4, -0.2) is 67.9 Å². The van der Waals surface area contributed by atoms with Crippen LogP contribution in [0.25, 0.3) is 33.1 Å². The fourth-order valence-electron chi connectivity index (χ4n) is 5.51. The number of aliphatic hydroxyl groups is 1. The van der Waals surface area contributed by atoms with Gasteiger partial charge in [-0.15, -0.1) is 0 Å². The van der Waals surface area contributed by atoms with Gasteiger partial charge in [0, 0.05) is 65.7 Å². The number of likely N-dealkylation sites (tertiary alicyclic amines) is 1. The maximum Gasteiger partial charge on any atom is 0.322 e. The van der Waals surface area contributed by atoms with Gasteiger partial charge in [0.25, 0.3) is 0 Å². The van der Waals surface area contributed by atoms with Crippen LogP contribution in [0.2, 0.25) is 0 Å². The van der Waals surface area contributed by atoms with Crippen molar-refractivity contribution >= 4 is 21.9 Å². The second kappa shape index (κ2) is 10.4. The molecule has 0 radical (unpaired) electrons. The number of aliphatic hydroxyl groups excluding tert-OH is 1. The summed E-state index contributed by atoms with van der Waals surface area (Å²) in [5, 5.41) is 10.2. The summed E-state index contributed by atoms with van der Waals surface area (Å²) in [7, 11) is 1.55. The Bertz CT molecular complexity index is 1700. The third-order valence-corrected chi connectivity index (χ3v) is 7.84. The molecule has 0 bridgehead atoms. The molecule has 0 unspecified atom stereocenters. The van der Waals surface area contributed by atoms with Crippen molar-refractivity contribution in [2.24, 2.45) is 0 Å². The number of aryl methyl sites for hydroxylation is 1. The van der Waals surface area contributed by atoms with Gasteiger partial charge in [-0.05, 0) is 51.0 Å². The molecule has 1 N–H and O–H groups in total. The molecule has 0 amide bonds. The van der Waals surface area contributed by atoms with Crippen molar-refractivity contribution in [3.8, 4) is 28.6 Å². The van der Waals surface area contributed by atoms with Crippen LogP contribution in [0.4, 0.5) is 4.39 Å². The van der Waals surface area contributed by atoms with E-state index in [0.717, 1.165) is 48.0 Å². The van der Waals surface area contributed by atoms with Gasteiger partial charge in [-0.3, -0.25) is 4.98 Å². The quantitative estimate of drug-likeness (QED) is 0.304. The normalized spacial score (nSPS) is 15.5. The van der Waals surface area contributed by atoms with E-state index in [1.54, 1.807) is 43.8 Å². The number of hydrogen-bond acceptors (Lipinski definition) is 8. The molecule has 1 aliphatic heterocycles. The van der Waals surface area contributed by atoms with Crippen molar-refractivity contribution in [3.05, 3.63) is 66.6 Å². The summed E-state index contributed by atoms with van der Waals surface area (Å²) in [4.78, 5) is 19.9. The Morgan fingerprint density at radius 1 is 1.02 bits per heavy atom. The number of nitrogens with zero attached hydrogens (tertiary/aromatic N) is 6. The minimum Gasteiger partial charge on any atom is -0.496 e. The zero-order valence-corrected chi connectivity index (χ0v) is 22.8. The van der Waals surface area contributed by atoms with Crippen LogP contribution in [0.5, 0.6) is 17.5 Å². The molecular formula is C30H31FN6O3. The molecule has 0 aliphatic carbocycles. The lowest BCUT2D eigenvalue weighted by Crippen LogP contribution is -2.44. The van der Waals surface area contributed by atoms with Crippen LogP contribution in [-0.2, 0) is 5.54 Å². The molecule has 0 saturated carbocycles. The van der Waals surface area contributed by atoms with Crippen molar-refractivity contribution < 1.29 is 19.0 Å². The average Bonchev–Trinajstić information content (AvgIpc) is 3.40. The SMILES string of the molecule is COc1cc(Oc2nccc(C)n2)ccc1-c1cc2c(cc1F)ncc1ncn(C3(C)CCN(CCO)CC3)c12. The zero-order chi connectivity index (χ0) is 27.9. The van der Waals surface area contributed by atoms with Gasteiger partial charge in [0.05, 0.1) is 37.3 Å². The molecule has 5 aromatic rings. The lowest BCUT2D eigenvalue weighted by molar-refractivity contribution is 0.107. The second-order valence-corrected chi connectivity index (χ2v) is 10.5. The van der Waals surface area contributed by atoms with Crippen LogP contribution in [0.3, 0.4) is 0 Å². The largest absolute Gasteiger partial charge is 0.496 e. The first-order valence-corrected chi connectivity index (χ1v) is 13.3. The number of rotatable bonds is 7. The first-order valence-electron chi connectivity index (χ1n) is 13.3. The van der Waals surface area contributed by atoms with Crippen LogP contribution >= 0.6 is 0 Å². The maximum atomic E-state index is 15.6. The molecule has 9 nitrogen and oxygen atoms in total. The number of piperidine rings is 1. The maximum absolute atomic E-state index is 15.6. The van der Waals surface area contributed by atoms with Gasteiger partial charge in [0.15, 0.2) is 0 Å². The first-order chi connectivity index (χ1) is 19.4. The third kappa shape index (κ3) is 4.73. The van der Waals surface area contributed by atoms with Gasteiger partial charge in [-0.25, -0.2) is 19.3 Å². The highest BCUT2D eigenvalue weighted by Gasteiger charge is 2.33. The number of benzene rings is 2. The average molecular weight is 543 g/mol. The van der Waals surface area contributed by atoms with Gasteiger partial charge in [0.2, 0.25) is 0 Å². The smallest absolute Gasteiger partial charge is 0.322 e. The number of ether oxygens (including phenoxy) is 2. The van der Waals surface area contributed by atoms with Crippen molar-refractivity contribution in [2.75, 3.05) is 33.4 Å². The number of methoxy groups -OCH3 is 1. The molecule has 0 spiro atoms. The fourth-order valence-corrected chi connectivity index (χ4v) is 5.51. The summed E-state index contributed by atoms with van der Waals surface area (Å²) in [6, 6.07) is 10.5. The monoisotopic (exact) mass is 542 g/mol. The second-order valence-electron chi connectivity index (χ2n) is 10.5. The minimum atomic E-state index is -0.400. The summed E-state index contributed by atoms with van der Waals surface area (Å²) < 4.78 is 29.3. The summed E-state index contributed by atoms with van der Waals surface area (Å²) in [6.07, 6.45) is 7.03. The Morgan fingerprint density at radius 3 is 2.60 bits per heavy atom. The van der Waals surface area contributed by atoms with E-state index in [1.165, 1.54) is 6.07 Å². The van der Waals surface area contributed by atoms with Crippen LogP contribution in [0, 0.1) is 12.7 Å². The van der Waals surface area contributed by atoms with Crippen LogP contribution < -0.4 is 9.47 Å². The van der Waals surface area contributed by atoms with Crippen molar-refractivity contribution in [1.29, 1.82) is 0 Å². The molecule has 206 valence electrons.